The highest BCUT2D eigenvalue weighted by atomic mass is 35.5. The average molecular weight is 308 g/mol. The van der Waals surface area contributed by atoms with Gasteiger partial charge in [-0.05, 0) is 18.1 Å². The lowest BCUT2D eigenvalue weighted by Gasteiger charge is -2.19. The van der Waals surface area contributed by atoms with Gasteiger partial charge in [0, 0.05) is 12.1 Å². The van der Waals surface area contributed by atoms with E-state index in [1.807, 2.05) is 13.8 Å². The molecule has 20 heavy (non-hydrogen) atoms. The number of carbonyl (C=O) groups is 1. The Balaban J connectivity index is 2.68. The summed E-state index contributed by atoms with van der Waals surface area (Å²) in [5.41, 5.74) is -0.269. The van der Waals surface area contributed by atoms with Crippen LogP contribution in [0.2, 0.25) is 0 Å². The van der Waals surface area contributed by atoms with Crippen LogP contribution >= 0.6 is 11.6 Å². The van der Waals surface area contributed by atoms with E-state index in [9.17, 15) is 18.0 Å². The lowest BCUT2D eigenvalue weighted by molar-refractivity contribution is 0.0950. The van der Waals surface area contributed by atoms with Crippen molar-refractivity contribution < 1.29 is 18.0 Å². The summed E-state index contributed by atoms with van der Waals surface area (Å²) in [5.74, 6) is -4.80. The first kappa shape index (κ1) is 16.8. The molecule has 0 fully saturated rings. The molecule has 0 bridgehead atoms. The van der Waals surface area contributed by atoms with Gasteiger partial charge in [-0.3, -0.25) is 4.79 Å². The molecule has 6 heteroatoms. The zero-order valence-electron chi connectivity index (χ0n) is 11.4. The quantitative estimate of drug-likeness (QED) is 0.627. The van der Waals surface area contributed by atoms with E-state index in [4.69, 9.17) is 11.6 Å². The van der Waals surface area contributed by atoms with Crippen LogP contribution in [0.5, 0.6) is 0 Å². The van der Waals surface area contributed by atoms with Gasteiger partial charge in [-0.25, -0.2) is 13.2 Å². The van der Waals surface area contributed by atoms with Crippen LogP contribution < -0.4 is 5.32 Å². The van der Waals surface area contributed by atoms with Gasteiger partial charge in [0.2, 0.25) is 0 Å². The lowest BCUT2D eigenvalue weighted by atomic mass is 9.99. The largest absolute Gasteiger partial charge is 0.351 e. The number of hydrogen-bond acceptors (Lipinski definition) is 1. The minimum atomic E-state index is -1.59. The van der Waals surface area contributed by atoms with Crippen molar-refractivity contribution in [1.82, 2.24) is 5.32 Å². The first-order valence-corrected chi connectivity index (χ1v) is 6.91. The summed E-state index contributed by atoms with van der Waals surface area (Å²) in [4.78, 5) is 11.7. The van der Waals surface area contributed by atoms with Gasteiger partial charge in [0.15, 0.2) is 17.5 Å². The van der Waals surface area contributed by atoms with Crippen molar-refractivity contribution >= 4 is 17.5 Å². The van der Waals surface area contributed by atoms with E-state index in [-0.39, 0.29) is 23.4 Å². The molecule has 1 N–H and O–H groups in total. The Morgan fingerprint density at radius 3 is 2.15 bits per heavy atom. The van der Waals surface area contributed by atoms with Gasteiger partial charge in [0.05, 0.1) is 5.38 Å². The summed E-state index contributed by atoms with van der Waals surface area (Å²) in [7, 11) is 0. The third-order valence-corrected chi connectivity index (χ3v) is 3.77. The van der Waals surface area contributed by atoms with Crippen molar-refractivity contribution in [3.63, 3.8) is 0 Å². The summed E-state index contributed by atoms with van der Waals surface area (Å²) in [6, 6.07) is 1.32. The predicted octanol–water partition coefficient (Wildman–Crippen LogP) is 3.88. The Morgan fingerprint density at radius 2 is 1.70 bits per heavy atom. The Morgan fingerprint density at radius 1 is 1.20 bits per heavy atom. The second-order valence-corrected chi connectivity index (χ2v) is 5.12. The van der Waals surface area contributed by atoms with Crippen molar-refractivity contribution in [1.29, 1.82) is 0 Å². The van der Waals surface area contributed by atoms with Crippen molar-refractivity contribution in [2.24, 2.45) is 5.92 Å². The van der Waals surface area contributed by atoms with E-state index in [1.54, 1.807) is 0 Å². The van der Waals surface area contributed by atoms with Gasteiger partial charge < -0.3 is 5.32 Å². The Bertz CT molecular complexity index is 454. The fourth-order valence-electron chi connectivity index (χ4n) is 1.95. The summed E-state index contributed by atoms with van der Waals surface area (Å²) < 4.78 is 38.8. The summed E-state index contributed by atoms with van der Waals surface area (Å²) in [6.07, 6.45) is 1.75. The lowest BCUT2D eigenvalue weighted by Crippen LogP contribution is -2.33. The standard InChI is InChI=1S/C14H17ClF3NO/c1-3-8(4-2)10(15)7-19-14(20)9-5-11(16)13(18)12(17)6-9/h5-6,8,10H,3-4,7H2,1-2H3,(H,19,20). The SMILES string of the molecule is CCC(CC)C(Cl)CNC(=O)c1cc(F)c(F)c(F)c1. The molecule has 0 saturated heterocycles. The first-order valence-electron chi connectivity index (χ1n) is 6.47. The van der Waals surface area contributed by atoms with Crippen LogP contribution in [-0.2, 0) is 0 Å². The molecule has 1 aromatic carbocycles. The zero-order valence-corrected chi connectivity index (χ0v) is 12.1. The maximum atomic E-state index is 13.0. The zero-order chi connectivity index (χ0) is 15.3. The molecule has 1 atom stereocenters. The molecule has 0 aliphatic carbocycles. The van der Waals surface area contributed by atoms with Crippen LogP contribution in [0.15, 0.2) is 12.1 Å². The van der Waals surface area contributed by atoms with Gasteiger partial charge in [-0.1, -0.05) is 26.7 Å². The highest BCUT2D eigenvalue weighted by Crippen LogP contribution is 2.18. The number of carbonyl (C=O) groups excluding carboxylic acids is 1. The smallest absolute Gasteiger partial charge is 0.251 e. The third kappa shape index (κ3) is 4.13. The Kier molecular flexibility index (Phi) is 6.33. The van der Waals surface area contributed by atoms with Crippen molar-refractivity contribution in [3.8, 4) is 0 Å². The highest BCUT2D eigenvalue weighted by molar-refractivity contribution is 6.21. The number of amides is 1. The van der Waals surface area contributed by atoms with Gasteiger partial charge in [-0.2, -0.15) is 0 Å². The van der Waals surface area contributed by atoms with E-state index in [0.29, 0.717) is 12.1 Å². The van der Waals surface area contributed by atoms with Crippen LogP contribution in [0.1, 0.15) is 37.0 Å². The molecular formula is C14H17ClF3NO. The predicted molar refractivity (Wildman–Crippen MR) is 72.4 cm³/mol. The maximum absolute atomic E-state index is 13.0. The van der Waals surface area contributed by atoms with Crippen LogP contribution in [0.25, 0.3) is 0 Å². The Hall–Kier alpha value is -1.23. The maximum Gasteiger partial charge on any atom is 0.251 e. The molecule has 1 unspecified atom stereocenters. The van der Waals surface area contributed by atoms with E-state index >= 15 is 0 Å². The number of rotatable bonds is 6. The molecule has 0 heterocycles. The Labute approximate surface area is 121 Å². The number of nitrogens with one attached hydrogen (secondary N) is 1. The molecule has 0 radical (unpaired) electrons. The molecule has 1 rings (SSSR count). The molecule has 2 nitrogen and oxygen atoms in total. The van der Waals surface area contributed by atoms with Crippen molar-refractivity contribution in [2.45, 2.75) is 32.1 Å². The van der Waals surface area contributed by atoms with Crippen LogP contribution in [-0.4, -0.2) is 17.8 Å². The topological polar surface area (TPSA) is 29.1 Å². The fraction of sp³-hybridized carbons (Fsp3) is 0.500. The third-order valence-electron chi connectivity index (χ3n) is 3.26. The summed E-state index contributed by atoms with van der Waals surface area (Å²) in [6.45, 7) is 4.18. The number of alkyl halides is 1. The second-order valence-electron chi connectivity index (χ2n) is 4.56. The normalized spacial score (nSPS) is 12.6. The van der Waals surface area contributed by atoms with Gasteiger partial charge in [-0.15, -0.1) is 11.6 Å². The first-order chi connectivity index (χ1) is 9.40. The van der Waals surface area contributed by atoms with E-state index in [0.717, 1.165) is 12.8 Å². The molecule has 0 aromatic heterocycles. The summed E-state index contributed by atoms with van der Waals surface area (Å²) >= 11 is 6.14. The van der Waals surface area contributed by atoms with Crippen LogP contribution in [0.3, 0.4) is 0 Å². The average Bonchev–Trinajstić information content (AvgIpc) is 2.42. The molecule has 1 amide bonds. The van der Waals surface area contributed by atoms with Crippen LogP contribution in [0, 0.1) is 23.4 Å². The van der Waals surface area contributed by atoms with Crippen molar-refractivity contribution in [3.05, 3.63) is 35.1 Å². The minimum absolute atomic E-state index is 0.188. The van der Waals surface area contributed by atoms with Gasteiger partial charge >= 0.3 is 0 Å². The second kappa shape index (κ2) is 7.53. The molecule has 0 spiro atoms. The molecule has 112 valence electrons. The van der Waals surface area contributed by atoms with Gasteiger partial charge in [0.1, 0.15) is 0 Å². The van der Waals surface area contributed by atoms with Crippen molar-refractivity contribution in [2.75, 3.05) is 6.54 Å². The summed E-state index contributed by atoms with van der Waals surface area (Å²) in [5, 5.41) is 2.23. The van der Waals surface area contributed by atoms with Gasteiger partial charge in [0.25, 0.3) is 5.91 Å². The minimum Gasteiger partial charge on any atom is -0.351 e. The van der Waals surface area contributed by atoms with E-state index in [1.165, 1.54) is 0 Å². The molecule has 1 aromatic rings. The highest BCUT2D eigenvalue weighted by Gasteiger charge is 2.18. The molecule has 0 aliphatic heterocycles. The molecule has 0 aliphatic rings. The fourth-order valence-corrected chi connectivity index (χ4v) is 2.38. The number of halogens is 4. The number of benzene rings is 1. The number of hydrogen-bond donors (Lipinski definition) is 1. The molecule has 0 saturated carbocycles. The van der Waals surface area contributed by atoms with E-state index < -0.39 is 23.4 Å². The van der Waals surface area contributed by atoms with Crippen LogP contribution in [0.4, 0.5) is 13.2 Å². The van der Waals surface area contributed by atoms with E-state index in [2.05, 4.69) is 5.32 Å². The monoisotopic (exact) mass is 307 g/mol. The molecular weight excluding hydrogens is 291 g/mol.